The molecule has 26 heavy (non-hydrogen) atoms. The van der Waals surface area contributed by atoms with Gasteiger partial charge in [0.05, 0.1) is 6.04 Å². The summed E-state index contributed by atoms with van der Waals surface area (Å²) in [6.45, 7) is 1.01. The van der Waals surface area contributed by atoms with Crippen molar-refractivity contribution in [1.29, 1.82) is 0 Å². The van der Waals surface area contributed by atoms with Gasteiger partial charge in [-0.15, -0.1) is 4.28 Å². The number of rotatable bonds is 6. The quantitative estimate of drug-likeness (QED) is 0.343. The van der Waals surface area contributed by atoms with Crippen LogP contribution < -0.4 is 10.8 Å². The maximum atomic E-state index is 12.4. The minimum Gasteiger partial charge on any atom is -0.399 e. The predicted molar refractivity (Wildman–Crippen MR) is 83.7 cm³/mol. The summed E-state index contributed by atoms with van der Waals surface area (Å²) in [7, 11) is -3.43. The zero-order valence-electron chi connectivity index (χ0n) is 13.8. The lowest BCUT2D eigenvalue weighted by Gasteiger charge is -2.29. The van der Waals surface area contributed by atoms with E-state index in [0.29, 0.717) is 36.7 Å². The second-order valence-corrected chi connectivity index (χ2v) is 6.98. The smallest absolute Gasteiger partial charge is 0.399 e. The molecule has 0 saturated carbocycles. The molecule has 3 aliphatic heterocycles. The number of carbonyl (C=O) groups excluding carboxylic acids is 2. The summed E-state index contributed by atoms with van der Waals surface area (Å²) in [6, 6.07) is -2.21. The molecule has 2 bridgehead atoms. The Hall–Kier alpha value is -2.00. The highest BCUT2D eigenvalue weighted by atomic mass is 32.3. The summed E-state index contributed by atoms with van der Waals surface area (Å²) in [5, 5.41) is 7.39. The highest BCUT2D eigenvalue weighted by Crippen LogP contribution is 2.30. The van der Waals surface area contributed by atoms with E-state index in [1.165, 1.54) is 12.0 Å². The average Bonchev–Trinajstić information content (AvgIpc) is 3.11. The molecule has 0 aromatic carbocycles. The van der Waals surface area contributed by atoms with Gasteiger partial charge in [0, 0.05) is 19.6 Å². The Bertz CT molecular complexity index is 712. The third-order valence-corrected chi connectivity index (χ3v) is 4.67. The molecule has 3 saturated heterocycles. The van der Waals surface area contributed by atoms with Gasteiger partial charge >= 0.3 is 16.4 Å². The van der Waals surface area contributed by atoms with Gasteiger partial charge in [0.15, 0.2) is 0 Å². The van der Waals surface area contributed by atoms with Gasteiger partial charge < -0.3 is 15.1 Å². The molecule has 3 heterocycles. The van der Waals surface area contributed by atoms with Gasteiger partial charge in [0.1, 0.15) is 25.0 Å². The molecule has 14 heteroatoms. The van der Waals surface area contributed by atoms with E-state index in [2.05, 4.69) is 20.2 Å². The van der Waals surface area contributed by atoms with Crippen LogP contribution in [0.25, 0.3) is 0 Å². The molecular formula is C12H19N5O8S. The van der Waals surface area contributed by atoms with Crippen LogP contribution in [0.1, 0.15) is 12.8 Å². The fourth-order valence-corrected chi connectivity index (χ4v) is 3.57. The summed E-state index contributed by atoms with van der Waals surface area (Å²) in [6.07, 6.45) is 0.125. The first-order valence-corrected chi connectivity index (χ1v) is 9.19. The molecule has 0 aromatic heterocycles. The number of nitrogens with one attached hydrogen (secondary N) is 2. The zero-order valence-corrected chi connectivity index (χ0v) is 14.6. The first kappa shape index (κ1) is 18.8. The molecule has 0 aromatic rings. The lowest BCUT2D eigenvalue weighted by Crippen LogP contribution is -2.50. The maximum absolute atomic E-state index is 12.4. The van der Waals surface area contributed by atoms with E-state index in [1.54, 1.807) is 0 Å². The van der Waals surface area contributed by atoms with Gasteiger partial charge in [-0.2, -0.15) is 13.5 Å². The van der Waals surface area contributed by atoms with Crippen LogP contribution in [0.15, 0.2) is 5.16 Å². The fraction of sp³-hybridized carbons (Fsp3) is 0.750. The van der Waals surface area contributed by atoms with E-state index < -0.39 is 40.5 Å². The summed E-state index contributed by atoms with van der Waals surface area (Å²) in [5.41, 5.74) is 2.90. The summed E-state index contributed by atoms with van der Waals surface area (Å²) < 4.78 is 34.8. The van der Waals surface area contributed by atoms with Gasteiger partial charge in [-0.3, -0.25) is 14.2 Å². The Balaban J connectivity index is 1.59. The lowest BCUT2D eigenvalue weighted by molar-refractivity contribution is -0.140. The Morgan fingerprint density at radius 2 is 2.19 bits per heavy atom. The second kappa shape index (κ2) is 7.32. The van der Waals surface area contributed by atoms with E-state index in [0.717, 1.165) is 0 Å². The minimum absolute atomic E-state index is 0.105. The number of oxime groups is 1. The highest BCUT2D eigenvalue weighted by Gasteiger charge is 2.49. The Labute approximate surface area is 149 Å². The molecular weight excluding hydrogens is 374 g/mol. The van der Waals surface area contributed by atoms with Crippen LogP contribution in [0.3, 0.4) is 0 Å². The number of hydroxylamine groups is 3. The molecule has 3 amide bonds. The van der Waals surface area contributed by atoms with E-state index in [4.69, 9.17) is 14.2 Å². The number of amides is 3. The molecule has 3 rings (SSSR count). The largest absolute Gasteiger partial charge is 0.418 e. The van der Waals surface area contributed by atoms with E-state index in [1.807, 2.05) is 0 Å². The Kier molecular flexibility index (Phi) is 5.29. The number of carbonyl (C=O) groups is 2. The van der Waals surface area contributed by atoms with Crippen LogP contribution in [0, 0.1) is 0 Å². The maximum Gasteiger partial charge on any atom is 0.418 e. The topological polar surface area (TPSA) is 159 Å². The van der Waals surface area contributed by atoms with Crippen molar-refractivity contribution >= 4 is 28.0 Å². The molecule has 0 radical (unpaired) electrons. The fourth-order valence-electron chi connectivity index (χ4n) is 3.18. The first-order valence-electron chi connectivity index (χ1n) is 7.83. The number of urea groups is 1. The molecule has 3 unspecified atom stereocenters. The summed E-state index contributed by atoms with van der Waals surface area (Å²) >= 11 is 0. The van der Waals surface area contributed by atoms with Gasteiger partial charge in [0.25, 0.3) is 5.91 Å². The van der Waals surface area contributed by atoms with Crippen molar-refractivity contribution in [3.63, 3.8) is 0 Å². The summed E-state index contributed by atoms with van der Waals surface area (Å²) in [4.78, 5) is 35.9. The normalized spacial score (nSPS) is 30.2. The number of hydrogen-bond donors (Lipinski definition) is 3. The van der Waals surface area contributed by atoms with Crippen molar-refractivity contribution in [1.82, 2.24) is 20.8 Å². The third kappa shape index (κ3) is 3.88. The average molecular weight is 393 g/mol. The third-order valence-electron chi connectivity index (χ3n) is 4.32. The van der Waals surface area contributed by atoms with Gasteiger partial charge in [0.2, 0.25) is 0 Å². The Morgan fingerprint density at radius 3 is 2.88 bits per heavy atom. The molecule has 0 aliphatic carbocycles. The van der Waals surface area contributed by atoms with E-state index in [9.17, 15) is 18.0 Å². The van der Waals surface area contributed by atoms with Crippen LogP contribution in [0.4, 0.5) is 4.79 Å². The van der Waals surface area contributed by atoms with E-state index in [-0.39, 0.29) is 6.54 Å². The van der Waals surface area contributed by atoms with Crippen LogP contribution in [-0.4, -0.2) is 85.5 Å². The van der Waals surface area contributed by atoms with Crippen LogP contribution in [-0.2, 0) is 29.2 Å². The van der Waals surface area contributed by atoms with Crippen LogP contribution >= 0.6 is 0 Å². The molecule has 3 atom stereocenters. The molecule has 13 nitrogen and oxygen atoms in total. The van der Waals surface area contributed by atoms with E-state index >= 15 is 0 Å². The number of piperidine rings is 1. The zero-order chi connectivity index (χ0) is 18.9. The van der Waals surface area contributed by atoms with Crippen molar-refractivity contribution in [3.05, 3.63) is 0 Å². The van der Waals surface area contributed by atoms with Crippen LogP contribution in [0.2, 0.25) is 0 Å². The number of fused-ring (bicyclic) bond motifs is 2. The van der Waals surface area contributed by atoms with Gasteiger partial charge in [-0.25, -0.2) is 10.3 Å². The lowest BCUT2D eigenvalue weighted by atomic mass is 10.0. The molecule has 3 fully saturated rings. The number of hydrogen-bond acceptors (Lipinski definition) is 9. The second-order valence-electron chi connectivity index (χ2n) is 5.98. The molecule has 3 N–H and O–H groups in total. The van der Waals surface area contributed by atoms with Crippen molar-refractivity contribution in [2.75, 3.05) is 26.7 Å². The number of nitrogens with zero attached hydrogens (tertiary/aromatic N) is 3. The predicted octanol–water partition coefficient (Wildman–Crippen LogP) is -1.99. The van der Waals surface area contributed by atoms with Gasteiger partial charge in [-0.05, 0) is 12.8 Å². The van der Waals surface area contributed by atoms with Crippen molar-refractivity contribution < 1.29 is 36.5 Å². The SMILES string of the molecule is CO/N=C1\CNCC1ONC(=O)C1CCC2CN1C(=O)N2OS(=O)(=O)O. The standard InChI is InChI=1S/C12H19N5O8S/c1-23-14-8-4-13-5-10(8)24-15-11(18)9-3-2-7-6-16(9)12(19)17(7)25-26(20,21)22/h7,9-10,13H,2-6H2,1H3,(H,15,18)(H,20,21,22)/b14-8+. The van der Waals surface area contributed by atoms with Gasteiger partial charge in [-0.1, -0.05) is 5.16 Å². The molecule has 3 aliphatic rings. The Morgan fingerprint density at radius 1 is 1.42 bits per heavy atom. The minimum atomic E-state index is -4.83. The van der Waals surface area contributed by atoms with Crippen molar-refractivity contribution in [2.45, 2.75) is 31.0 Å². The first-order chi connectivity index (χ1) is 12.3. The monoisotopic (exact) mass is 393 g/mol. The highest BCUT2D eigenvalue weighted by molar-refractivity contribution is 7.80. The van der Waals surface area contributed by atoms with Crippen molar-refractivity contribution in [3.8, 4) is 0 Å². The molecule has 0 spiro atoms. The van der Waals surface area contributed by atoms with Crippen molar-refractivity contribution in [2.24, 2.45) is 5.16 Å². The summed E-state index contributed by atoms with van der Waals surface area (Å²) in [5.74, 6) is -0.547. The van der Waals surface area contributed by atoms with Crippen LogP contribution in [0.5, 0.6) is 0 Å². The molecule has 146 valence electrons.